The minimum atomic E-state index is -0.341. The van der Waals surface area contributed by atoms with E-state index in [1.165, 1.54) is 16.9 Å². The SMILES string of the molecule is CCOC(=O)c1nc(-c2ccc(C(C)C)cc2)sc1C. The van der Waals surface area contributed by atoms with Gasteiger partial charge in [0, 0.05) is 10.4 Å². The zero-order valence-corrected chi connectivity index (χ0v) is 13.1. The third kappa shape index (κ3) is 3.07. The predicted molar refractivity (Wildman–Crippen MR) is 82.3 cm³/mol. The van der Waals surface area contributed by atoms with Crippen LogP contribution in [0.25, 0.3) is 10.6 Å². The summed E-state index contributed by atoms with van der Waals surface area (Å²) in [4.78, 5) is 17.1. The molecule has 0 atom stereocenters. The lowest BCUT2D eigenvalue weighted by molar-refractivity contribution is 0.0519. The monoisotopic (exact) mass is 289 g/mol. The fourth-order valence-corrected chi connectivity index (χ4v) is 2.83. The van der Waals surface area contributed by atoms with Crippen LogP contribution >= 0.6 is 11.3 Å². The van der Waals surface area contributed by atoms with Crippen LogP contribution in [0, 0.1) is 6.92 Å². The zero-order chi connectivity index (χ0) is 14.7. The first-order valence-electron chi connectivity index (χ1n) is 6.77. The molecule has 1 aromatic heterocycles. The first-order valence-corrected chi connectivity index (χ1v) is 7.59. The highest BCUT2D eigenvalue weighted by Gasteiger charge is 2.17. The van der Waals surface area contributed by atoms with Gasteiger partial charge in [-0.15, -0.1) is 11.3 Å². The lowest BCUT2D eigenvalue weighted by Crippen LogP contribution is -2.06. The van der Waals surface area contributed by atoms with Crippen molar-refractivity contribution in [2.75, 3.05) is 6.61 Å². The van der Waals surface area contributed by atoms with Gasteiger partial charge in [0.05, 0.1) is 6.61 Å². The number of hydrogen-bond donors (Lipinski definition) is 0. The molecule has 0 N–H and O–H groups in total. The fraction of sp³-hybridized carbons (Fsp3) is 0.375. The highest BCUT2D eigenvalue weighted by Crippen LogP contribution is 2.29. The number of nitrogens with zero attached hydrogens (tertiary/aromatic N) is 1. The van der Waals surface area contributed by atoms with Crippen LogP contribution in [0.5, 0.6) is 0 Å². The van der Waals surface area contributed by atoms with Gasteiger partial charge in [-0.25, -0.2) is 9.78 Å². The van der Waals surface area contributed by atoms with Crippen molar-refractivity contribution in [3.8, 4) is 10.6 Å². The Morgan fingerprint density at radius 3 is 2.50 bits per heavy atom. The summed E-state index contributed by atoms with van der Waals surface area (Å²) < 4.78 is 5.01. The van der Waals surface area contributed by atoms with Gasteiger partial charge in [0.25, 0.3) is 0 Å². The van der Waals surface area contributed by atoms with Crippen LogP contribution in [0.1, 0.15) is 47.6 Å². The molecule has 20 heavy (non-hydrogen) atoms. The molecule has 0 aliphatic rings. The molecule has 0 aliphatic carbocycles. The molecular formula is C16H19NO2S. The van der Waals surface area contributed by atoms with Crippen molar-refractivity contribution in [3.63, 3.8) is 0 Å². The molecule has 2 rings (SSSR count). The van der Waals surface area contributed by atoms with Crippen LogP contribution in [0.3, 0.4) is 0 Å². The van der Waals surface area contributed by atoms with E-state index in [0.717, 1.165) is 15.4 Å². The fourth-order valence-electron chi connectivity index (χ4n) is 1.92. The molecule has 0 unspecified atom stereocenters. The first-order chi connectivity index (χ1) is 9.52. The summed E-state index contributed by atoms with van der Waals surface area (Å²) in [5.41, 5.74) is 2.77. The Bertz CT molecular complexity index is 599. The quantitative estimate of drug-likeness (QED) is 0.782. The number of rotatable bonds is 4. The van der Waals surface area contributed by atoms with Crippen molar-refractivity contribution in [3.05, 3.63) is 40.4 Å². The Labute approximate surface area is 123 Å². The van der Waals surface area contributed by atoms with Gasteiger partial charge < -0.3 is 4.74 Å². The van der Waals surface area contributed by atoms with Crippen LogP contribution in [-0.4, -0.2) is 17.6 Å². The van der Waals surface area contributed by atoms with Gasteiger partial charge in [0.15, 0.2) is 5.69 Å². The van der Waals surface area contributed by atoms with Crippen molar-refractivity contribution in [1.82, 2.24) is 4.98 Å². The lowest BCUT2D eigenvalue weighted by atomic mass is 10.0. The second-order valence-electron chi connectivity index (χ2n) is 4.92. The Hall–Kier alpha value is -1.68. The van der Waals surface area contributed by atoms with E-state index in [-0.39, 0.29) is 5.97 Å². The Morgan fingerprint density at radius 2 is 1.95 bits per heavy atom. The van der Waals surface area contributed by atoms with E-state index in [1.807, 2.05) is 6.92 Å². The molecule has 0 amide bonds. The summed E-state index contributed by atoms with van der Waals surface area (Å²) in [5, 5.41) is 0.862. The summed E-state index contributed by atoms with van der Waals surface area (Å²) in [6.07, 6.45) is 0. The number of esters is 1. The average Bonchev–Trinajstić information content (AvgIpc) is 2.81. The Balaban J connectivity index is 2.29. The molecule has 1 heterocycles. The van der Waals surface area contributed by atoms with Crippen LogP contribution < -0.4 is 0 Å². The summed E-state index contributed by atoms with van der Waals surface area (Å²) in [6.45, 7) is 8.40. The molecule has 0 saturated carbocycles. The number of carbonyl (C=O) groups is 1. The lowest BCUT2D eigenvalue weighted by Gasteiger charge is -2.05. The maximum absolute atomic E-state index is 11.8. The van der Waals surface area contributed by atoms with Crippen molar-refractivity contribution < 1.29 is 9.53 Å². The minimum absolute atomic E-state index is 0.341. The highest BCUT2D eigenvalue weighted by atomic mass is 32.1. The minimum Gasteiger partial charge on any atom is -0.461 e. The molecule has 2 aromatic rings. The van der Waals surface area contributed by atoms with Gasteiger partial charge >= 0.3 is 5.97 Å². The number of thiazole rings is 1. The maximum atomic E-state index is 11.8. The molecule has 106 valence electrons. The molecule has 0 bridgehead atoms. The van der Waals surface area contributed by atoms with Gasteiger partial charge in [0.2, 0.25) is 0 Å². The Kier molecular flexibility index (Phi) is 4.55. The molecule has 0 fully saturated rings. The normalized spacial score (nSPS) is 10.8. The highest BCUT2D eigenvalue weighted by molar-refractivity contribution is 7.15. The number of aromatic nitrogens is 1. The number of aryl methyl sites for hydroxylation is 1. The first kappa shape index (κ1) is 14.7. The average molecular weight is 289 g/mol. The van der Waals surface area contributed by atoms with Gasteiger partial charge in [-0.05, 0) is 25.3 Å². The van der Waals surface area contributed by atoms with Crippen molar-refractivity contribution in [1.29, 1.82) is 0 Å². The van der Waals surface area contributed by atoms with Gasteiger partial charge in [-0.1, -0.05) is 38.1 Å². The standard InChI is InChI=1S/C16H19NO2S/c1-5-19-16(18)14-11(4)20-15(17-14)13-8-6-12(7-9-13)10(2)3/h6-10H,5H2,1-4H3. The third-order valence-corrected chi connectivity index (χ3v) is 4.11. The molecule has 3 nitrogen and oxygen atoms in total. The molecular weight excluding hydrogens is 270 g/mol. The van der Waals surface area contributed by atoms with Gasteiger partial charge in [-0.2, -0.15) is 0 Å². The molecule has 0 spiro atoms. The molecule has 4 heteroatoms. The van der Waals surface area contributed by atoms with E-state index in [0.29, 0.717) is 18.2 Å². The van der Waals surface area contributed by atoms with E-state index in [2.05, 4.69) is 43.1 Å². The molecule has 0 aliphatic heterocycles. The van der Waals surface area contributed by atoms with E-state index in [4.69, 9.17) is 4.74 Å². The van der Waals surface area contributed by atoms with Crippen molar-refractivity contribution in [2.45, 2.75) is 33.6 Å². The number of benzene rings is 1. The van der Waals surface area contributed by atoms with E-state index < -0.39 is 0 Å². The van der Waals surface area contributed by atoms with E-state index in [1.54, 1.807) is 6.92 Å². The zero-order valence-electron chi connectivity index (χ0n) is 12.3. The van der Waals surface area contributed by atoms with E-state index in [9.17, 15) is 4.79 Å². The van der Waals surface area contributed by atoms with Crippen LogP contribution in [-0.2, 0) is 4.74 Å². The molecule has 0 radical (unpaired) electrons. The second-order valence-corrected chi connectivity index (χ2v) is 6.12. The molecule has 0 saturated heterocycles. The van der Waals surface area contributed by atoms with Gasteiger partial charge in [0.1, 0.15) is 5.01 Å². The largest absolute Gasteiger partial charge is 0.461 e. The van der Waals surface area contributed by atoms with Crippen LogP contribution in [0.4, 0.5) is 0 Å². The third-order valence-electron chi connectivity index (χ3n) is 3.09. The summed E-state index contributed by atoms with van der Waals surface area (Å²) in [7, 11) is 0. The summed E-state index contributed by atoms with van der Waals surface area (Å²) in [6, 6.07) is 8.34. The second kappa shape index (κ2) is 6.18. The molecule has 1 aromatic carbocycles. The summed E-state index contributed by atoms with van der Waals surface area (Å²) in [5.74, 6) is 0.170. The van der Waals surface area contributed by atoms with Crippen molar-refractivity contribution in [2.24, 2.45) is 0 Å². The van der Waals surface area contributed by atoms with Gasteiger partial charge in [-0.3, -0.25) is 0 Å². The summed E-state index contributed by atoms with van der Waals surface area (Å²) >= 11 is 1.52. The van der Waals surface area contributed by atoms with Crippen LogP contribution in [0.2, 0.25) is 0 Å². The number of ether oxygens (including phenoxy) is 1. The van der Waals surface area contributed by atoms with Crippen LogP contribution in [0.15, 0.2) is 24.3 Å². The Morgan fingerprint density at radius 1 is 1.30 bits per heavy atom. The number of carbonyl (C=O) groups excluding carboxylic acids is 1. The van der Waals surface area contributed by atoms with Crippen molar-refractivity contribution >= 4 is 17.3 Å². The van der Waals surface area contributed by atoms with E-state index >= 15 is 0 Å². The maximum Gasteiger partial charge on any atom is 0.358 e. The predicted octanol–water partition coefficient (Wildman–Crippen LogP) is 4.42. The smallest absolute Gasteiger partial charge is 0.358 e. The number of hydrogen-bond acceptors (Lipinski definition) is 4. The topological polar surface area (TPSA) is 39.2 Å².